The lowest BCUT2D eigenvalue weighted by Crippen LogP contribution is -2.52. The molecule has 0 amide bonds. The molecule has 3 aromatic rings. The number of nitrogens with zero attached hydrogens (tertiary/aromatic N) is 5. The molecule has 15 heteroatoms. The molecule has 1 aliphatic heterocycles. The first-order valence-corrected chi connectivity index (χ1v) is 12.8. The number of terminal acetylenes is 1. The maximum atomic E-state index is 12.1. The van der Waals surface area contributed by atoms with Crippen LogP contribution < -0.4 is 4.90 Å². The van der Waals surface area contributed by atoms with Gasteiger partial charge in [-0.25, -0.2) is 14.6 Å². The van der Waals surface area contributed by atoms with Crippen molar-refractivity contribution in [2.24, 2.45) is 5.92 Å². The summed E-state index contributed by atoms with van der Waals surface area (Å²) in [6.45, 7) is -0.405. The van der Waals surface area contributed by atoms with Gasteiger partial charge in [-0.1, -0.05) is 36.3 Å². The number of aliphatic carboxylic acids is 2. The summed E-state index contributed by atoms with van der Waals surface area (Å²) in [5.74, 6) is -0.905. The van der Waals surface area contributed by atoms with Crippen LogP contribution in [0.15, 0.2) is 36.7 Å². The number of aliphatic hydroxyl groups excluding tert-OH is 3. The summed E-state index contributed by atoms with van der Waals surface area (Å²) in [5, 5.41) is 49.6. The highest BCUT2D eigenvalue weighted by molar-refractivity contribution is 6.28. The molecule has 4 rings (SSSR count). The number of aliphatic hydroxyl groups is 3. The number of fused-ring (bicyclic) bond motifs is 1. The average Bonchev–Trinajstić information content (AvgIpc) is 3.35. The second-order valence-corrected chi connectivity index (χ2v) is 9.79. The molecule has 218 valence electrons. The number of hydrogen-bond acceptors (Lipinski definition) is 11. The molecule has 1 saturated heterocycles. The zero-order chi connectivity index (χ0) is 29.7. The van der Waals surface area contributed by atoms with Crippen LogP contribution in [0.1, 0.15) is 11.8 Å². The van der Waals surface area contributed by atoms with Crippen molar-refractivity contribution in [3.63, 3.8) is 0 Å². The van der Waals surface area contributed by atoms with E-state index in [4.69, 9.17) is 27.5 Å². The Bertz CT molecular complexity index is 1410. The number of benzene rings is 1. The Morgan fingerprint density at radius 1 is 1.17 bits per heavy atom. The van der Waals surface area contributed by atoms with Crippen LogP contribution in [0, 0.1) is 18.3 Å². The van der Waals surface area contributed by atoms with Gasteiger partial charge in [-0.15, -0.1) is 6.42 Å². The third-order valence-corrected chi connectivity index (χ3v) is 6.81. The van der Waals surface area contributed by atoms with Gasteiger partial charge in [0.25, 0.3) is 5.60 Å². The van der Waals surface area contributed by atoms with E-state index >= 15 is 0 Å². The van der Waals surface area contributed by atoms with Crippen LogP contribution in [0.4, 0.5) is 5.82 Å². The molecule has 3 atom stereocenters. The van der Waals surface area contributed by atoms with Crippen molar-refractivity contribution in [2.45, 2.75) is 30.5 Å². The van der Waals surface area contributed by atoms with E-state index in [1.54, 1.807) is 30.3 Å². The first-order chi connectivity index (χ1) is 19.6. The van der Waals surface area contributed by atoms with Gasteiger partial charge in [0.05, 0.1) is 19.5 Å². The fourth-order valence-electron chi connectivity index (χ4n) is 4.38. The summed E-state index contributed by atoms with van der Waals surface area (Å²) in [6.07, 6.45) is 1.85. The van der Waals surface area contributed by atoms with Gasteiger partial charge in [-0.2, -0.15) is 9.97 Å². The highest BCUT2D eigenvalue weighted by atomic mass is 35.5. The lowest BCUT2D eigenvalue weighted by Gasteiger charge is -2.39. The Kier molecular flexibility index (Phi) is 9.38. The summed E-state index contributed by atoms with van der Waals surface area (Å²) in [7, 11) is 0. The zero-order valence-electron chi connectivity index (χ0n) is 21.6. The number of rotatable bonds is 14. The lowest BCUT2D eigenvalue weighted by atomic mass is 9.94. The van der Waals surface area contributed by atoms with Gasteiger partial charge >= 0.3 is 11.9 Å². The van der Waals surface area contributed by atoms with Gasteiger partial charge < -0.3 is 39.9 Å². The van der Waals surface area contributed by atoms with Crippen LogP contribution in [0.2, 0.25) is 5.28 Å². The monoisotopic (exact) mass is 589 g/mol. The maximum absolute atomic E-state index is 12.1. The standard InChI is InChI=1S/C26H28ClN5O9/c1-2-18(35)22(32-14-28-19-20(29-25(27)30-21(19)32)31-9-16(10-31)11-33)41-17(12-34)13-40-26(23(36)37,24(38)39)8-15-6-4-3-5-7-15/h1,3-7,14,16-18,22,33-35H,8-13H2,(H,36,37)(H,38,39)/t17-,18+,22+/m0/s1. The lowest BCUT2D eigenvalue weighted by molar-refractivity contribution is -0.195. The Labute approximate surface area is 238 Å². The minimum Gasteiger partial charge on any atom is -0.479 e. The number of carboxylic acids is 2. The molecule has 0 bridgehead atoms. The molecule has 0 unspecified atom stereocenters. The van der Waals surface area contributed by atoms with Gasteiger partial charge in [0, 0.05) is 32.0 Å². The van der Waals surface area contributed by atoms with E-state index in [0.29, 0.717) is 30.0 Å². The number of imidazole rings is 1. The van der Waals surface area contributed by atoms with Crippen molar-refractivity contribution in [1.29, 1.82) is 0 Å². The number of ether oxygens (including phenoxy) is 2. The molecular formula is C26H28ClN5O9. The van der Waals surface area contributed by atoms with Crippen LogP contribution >= 0.6 is 11.6 Å². The Morgan fingerprint density at radius 2 is 1.85 bits per heavy atom. The summed E-state index contributed by atoms with van der Waals surface area (Å²) >= 11 is 6.17. The Morgan fingerprint density at radius 3 is 2.44 bits per heavy atom. The predicted octanol–water partition coefficient (Wildman–Crippen LogP) is -0.0543. The largest absolute Gasteiger partial charge is 0.479 e. The highest BCUT2D eigenvalue weighted by Crippen LogP contribution is 2.32. The second-order valence-electron chi connectivity index (χ2n) is 9.45. The first-order valence-electron chi connectivity index (χ1n) is 12.4. The van der Waals surface area contributed by atoms with Crippen molar-refractivity contribution in [3.05, 3.63) is 47.5 Å². The average molecular weight is 590 g/mol. The molecular weight excluding hydrogens is 562 g/mol. The van der Waals surface area contributed by atoms with Crippen LogP contribution in [0.3, 0.4) is 0 Å². The molecule has 5 N–H and O–H groups in total. The highest BCUT2D eigenvalue weighted by Gasteiger charge is 2.49. The summed E-state index contributed by atoms with van der Waals surface area (Å²) in [4.78, 5) is 38.9. The predicted molar refractivity (Wildman–Crippen MR) is 143 cm³/mol. The van der Waals surface area contributed by atoms with E-state index in [2.05, 4.69) is 20.9 Å². The number of hydrogen-bond donors (Lipinski definition) is 5. The van der Waals surface area contributed by atoms with Gasteiger partial charge in [-0.3, -0.25) is 4.57 Å². The number of anilines is 1. The summed E-state index contributed by atoms with van der Waals surface area (Å²) in [5.41, 5.74) is -1.86. The number of aromatic nitrogens is 4. The first kappa shape index (κ1) is 30.1. The van der Waals surface area contributed by atoms with E-state index in [1.165, 1.54) is 10.9 Å². The fraction of sp³-hybridized carbons (Fsp3) is 0.423. The van der Waals surface area contributed by atoms with Crippen molar-refractivity contribution in [2.75, 3.05) is 37.8 Å². The molecule has 0 aliphatic carbocycles. The minimum absolute atomic E-state index is 0.0121. The smallest absolute Gasteiger partial charge is 0.348 e. The number of halogens is 1. The Balaban J connectivity index is 1.60. The third kappa shape index (κ3) is 6.25. The topological polar surface area (TPSA) is 201 Å². The molecule has 0 radical (unpaired) electrons. The van der Waals surface area contributed by atoms with Gasteiger partial charge in [-0.05, 0) is 17.2 Å². The van der Waals surface area contributed by atoms with Gasteiger partial charge in [0.2, 0.25) is 5.28 Å². The SMILES string of the molecule is C#C[C@@H](O)[C@@H](O[C@@H](CO)COC(Cc1ccccc1)(C(=O)O)C(=O)O)n1cnc2c(N3CC(CO)C3)nc(Cl)nc21. The van der Waals surface area contributed by atoms with Crippen molar-refractivity contribution in [1.82, 2.24) is 19.5 Å². The molecule has 1 aromatic carbocycles. The van der Waals surface area contributed by atoms with Crippen molar-refractivity contribution < 1.29 is 44.6 Å². The van der Waals surface area contributed by atoms with Crippen LogP contribution in [0.5, 0.6) is 0 Å². The van der Waals surface area contributed by atoms with Crippen LogP contribution in [0.25, 0.3) is 11.2 Å². The molecule has 2 aromatic heterocycles. The molecule has 3 heterocycles. The van der Waals surface area contributed by atoms with Crippen molar-refractivity contribution >= 4 is 40.5 Å². The zero-order valence-corrected chi connectivity index (χ0v) is 22.3. The third-order valence-electron chi connectivity index (χ3n) is 6.64. The van der Waals surface area contributed by atoms with Gasteiger partial charge in [0.15, 0.2) is 29.3 Å². The second kappa shape index (κ2) is 12.8. The summed E-state index contributed by atoms with van der Waals surface area (Å²) in [6, 6.07) is 8.05. The number of carboxylic acid groups (broad SMARTS) is 2. The van der Waals surface area contributed by atoms with Crippen LogP contribution in [-0.2, 0) is 25.5 Å². The van der Waals surface area contributed by atoms with Crippen molar-refractivity contribution in [3.8, 4) is 12.3 Å². The molecule has 0 saturated carbocycles. The van der Waals surface area contributed by atoms with Crippen LogP contribution in [-0.4, -0.2) is 108 Å². The van der Waals surface area contributed by atoms with E-state index in [9.17, 15) is 35.1 Å². The molecule has 1 aliphatic rings. The molecule has 0 spiro atoms. The van der Waals surface area contributed by atoms with E-state index in [1.807, 2.05) is 4.90 Å². The molecule has 41 heavy (non-hydrogen) atoms. The minimum atomic E-state index is -2.70. The number of carbonyl (C=O) groups is 2. The maximum Gasteiger partial charge on any atom is 0.348 e. The quantitative estimate of drug-likeness (QED) is 0.0952. The fourth-order valence-corrected chi connectivity index (χ4v) is 4.54. The van der Waals surface area contributed by atoms with E-state index in [-0.39, 0.29) is 23.5 Å². The molecule has 14 nitrogen and oxygen atoms in total. The normalized spacial score (nSPS) is 16.1. The van der Waals surface area contributed by atoms with E-state index < -0.39 is 55.6 Å². The Hall–Kier alpha value is -3.84. The van der Waals surface area contributed by atoms with E-state index in [0.717, 1.165) is 0 Å². The summed E-state index contributed by atoms with van der Waals surface area (Å²) < 4.78 is 12.5. The van der Waals surface area contributed by atoms with Gasteiger partial charge in [0.1, 0.15) is 6.10 Å². The molecule has 1 fully saturated rings.